The van der Waals surface area contributed by atoms with Crippen molar-refractivity contribution in [3.05, 3.63) is 0 Å². The van der Waals surface area contributed by atoms with Gasteiger partial charge >= 0.3 is 0 Å². The average molecular weight is 250 g/mol. The van der Waals surface area contributed by atoms with Gasteiger partial charge in [0.1, 0.15) is 0 Å². The van der Waals surface area contributed by atoms with E-state index in [1.54, 1.807) is 12.8 Å². The molecule has 3 fully saturated rings. The van der Waals surface area contributed by atoms with E-state index in [0.29, 0.717) is 6.10 Å². The highest BCUT2D eigenvalue weighted by Gasteiger charge is 2.36. The molecule has 3 aliphatic rings. The minimum absolute atomic E-state index is 0.626. The van der Waals surface area contributed by atoms with Crippen LogP contribution in [0.2, 0.25) is 0 Å². The van der Waals surface area contributed by atoms with Crippen molar-refractivity contribution in [1.29, 1.82) is 0 Å². The summed E-state index contributed by atoms with van der Waals surface area (Å²) in [4.78, 5) is 0. The zero-order chi connectivity index (χ0) is 12.4. The molecule has 1 saturated heterocycles. The maximum absolute atomic E-state index is 5.71. The Morgan fingerprint density at radius 1 is 0.889 bits per heavy atom. The Balaban J connectivity index is 1.21. The molecule has 0 amide bonds. The SMILES string of the molecule is CCC1CC1CCC1CC(CCC2CCCO2)C1. The first-order valence-corrected chi connectivity index (χ1v) is 8.46. The Morgan fingerprint density at radius 3 is 2.28 bits per heavy atom. The topological polar surface area (TPSA) is 9.23 Å². The van der Waals surface area contributed by atoms with Crippen LogP contribution in [0.5, 0.6) is 0 Å². The molecule has 2 saturated carbocycles. The summed E-state index contributed by atoms with van der Waals surface area (Å²) in [6.07, 6.45) is 15.2. The largest absolute Gasteiger partial charge is 0.378 e. The summed E-state index contributed by atoms with van der Waals surface area (Å²) in [5.74, 6) is 4.39. The third kappa shape index (κ3) is 3.29. The van der Waals surface area contributed by atoms with Crippen molar-refractivity contribution >= 4 is 0 Å². The van der Waals surface area contributed by atoms with E-state index in [9.17, 15) is 0 Å². The molecule has 1 nitrogen and oxygen atoms in total. The van der Waals surface area contributed by atoms with Gasteiger partial charge in [0.05, 0.1) is 6.10 Å². The van der Waals surface area contributed by atoms with Crippen LogP contribution in [0.4, 0.5) is 0 Å². The fourth-order valence-electron chi connectivity index (χ4n) is 4.25. The summed E-state index contributed by atoms with van der Waals surface area (Å²) in [6.45, 7) is 3.38. The Hall–Kier alpha value is -0.0400. The summed E-state index contributed by atoms with van der Waals surface area (Å²) in [7, 11) is 0. The van der Waals surface area contributed by atoms with Crippen LogP contribution < -0.4 is 0 Å². The van der Waals surface area contributed by atoms with Crippen LogP contribution in [-0.4, -0.2) is 12.7 Å². The maximum atomic E-state index is 5.71. The molecule has 0 aromatic carbocycles. The van der Waals surface area contributed by atoms with Crippen molar-refractivity contribution < 1.29 is 4.74 Å². The molecule has 1 heteroatoms. The normalized spacial score (nSPS) is 42.8. The molecule has 0 N–H and O–H groups in total. The molecule has 3 rings (SSSR count). The Morgan fingerprint density at radius 2 is 1.67 bits per heavy atom. The van der Waals surface area contributed by atoms with Gasteiger partial charge < -0.3 is 4.74 Å². The van der Waals surface area contributed by atoms with Crippen molar-refractivity contribution in [2.75, 3.05) is 6.61 Å². The molecule has 3 unspecified atom stereocenters. The van der Waals surface area contributed by atoms with E-state index in [1.807, 2.05) is 0 Å². The lowest BCUT2D eigenvalue weighted by atomic mass is 9.70. The molecular weight excluding hydrogens is 220 g/mol. The third-order valence-electron chi connectivity index (χ3n) is 5.79. The molecule has 0 bridgehead atoms. The molecule has 18 heavy (non-hydrogen) atoms. The van der Waals surface area contributed by atoms with Crippen LogP contribution in [-0.2, 0) is 4.74 Å². The Kier molecular flexibility index (Phi) is 4.28. The van der Waals surface area contributed by atoms with Gasteiger partial charge in [0, 0.05) is 6.61 Å². The first-order valence-electron chi connectivity index (χ1n) is 8.46. The summed E-state index contributed by atoms with van der Waals surface area (Å²) < 4.78 is 5.71. The van der Waals surface area contributed by atoms with E-state index in [0.717, 1.165) is 30.3 Å². The molecule has 1 aliphatic heterocycles. The standard InChI is InChI=1S/C17H30O/c1-2-15-12-16(15)7-5-13-10-14(11-13)6-8-17-4-3-9-18-17/h13-17H,2-12H2,1H3. The lowest BCUT2D eigenvalue weighted by molar-refractivity contribution is 0.0827. The van der Waals surface area contributed by atoms with Crippen LogP contribution >= 0.6 is 0 Å². The molecule has 2 aliphatic carbocycles. The first kappa shape index (κ1) is 13.0. The van der Waals surface area contributed by atoms with E-state index < -0.39 is 0 Å². The summed E-state index contributed by atoms with van der Waals surface area (Å²) in [5.41, 5.74) is 0. The Labute approximate surface area is 113 Å². The molecular formula is C17H30O. The molecule has 3 atom stereocenters. The zero-order valence-electron chi connectivity index (χ0n) is 12.1. The van der Waals surface area contributed by atoms with Gasteiger partial charge in [-0.25, -0.2) is 0 Å². The highest BCUT2D eigenvalue weighted by atomic mass is 16.5. The summed E-state index contributed by atoms with van der Waals surface area (Å²) >= 11 is 0. The van der Waals surface area contributed by atoms with Crippen LogP contribution in [0.15, 0.2) is 0 Å². The fraction of sp³-hybridized carbons (Fsp3) is 1.00. The van der Waals surface area contributed by atoms with Crippen LogP contribution in [0, 0.1) is 23.7 Å². The summed E-state index contributed by atoms with van der Waals surface area (Å²) in [5, 5.41) is 0. The highest BCUT2D eigenvalue weighted by Crippen LogP contribution is 2.47. The fourth-order valence-corrected chi connectivity index (χ4v) is 4.25. The van der Waals surface area contributed by atoms with Gasteiger partial charge in [0.2, 0.25) is 0 Å². The number of hydrogen-bond acceptors (Lipinski definition) is 1. The molecule has 1 heterocycles. The molecule has 0 aromatic heterocycles. The number of hydrogen-bond donors (Lipinski definition) is 0. The third-order valence-corrected chi connectivity index (χ3v) is 5.79. The first-order chi connectivity index (χ1) is 8.85. The van der Waals surface area contributed by atoms with Gasteiger partial charge in [-0.15, -0.1) is 0 Å². The Bertz CT molecular complexity index is 250. The maximum Gasteiger partial charge on any atom is 0.0576 e. The van der Waals surface area contributed by atoms with Crippen molar-refractivity contribution in [1.82, 2.24) is 0 Å². The second-order valence-electron chi connectivity index (χ2n) is 7.16. The average Bonchev–Trinajstić information content (AvgIpc) is 2.89. The quantitative estimate of drug-likeness (QED) is 0.631. The highest BCUT2D eigenvalue weighted by molar-refractivity contribution is 4.87. The lowest BCUT2D eigenvalue weighted by Gasteiger charge is -2.36. The van der Waals surface area contributed by atoms with Crippen LogP contribution in [0.25, 0.3) is 0 Å². The molecule has 104 valence electrons. The van der Waals surface area contributed by atoms with E-state index in [2.05, 4.69) is 6.92 Å². The van der Waals surface area contributed by atoms with E-state index in [1.165, 1.54) is 51.4 Å². The van der Waals surface area contributed by atoms with E-state index in [4.69, 9.17) is 4.74 Å². The van der Waals surface area contributed by atoms with E-state index >= 15 is 0 Å². The van der Waals surface area contributed by atoms with Gasteiger partial charge in [-0.1, -0.05) is 19.8 Å². The van der Waals surface area contributed by atoms with Crippen molar-refractivity contribution in [2.24, 2.45) is 23.7 Å². The van der Waals surface area contributed by atoms with Gasteiger partial charge in [0.15, 0.2) is 0 Å². The van der Waals surface area contributed by atoms with Crippen molar-refractivity contribution in [2.45, 2.75) is 77.2 Å². The summed E-state index contributed by atoms with van der Waals surface area (Å²) in [6, 6.07) is 0. The molecule has 0 aromatic rings. The molecule has 0 radical (unpaired) electrons. The monoisotopic (exact) mass is 250 g/mol. The minimum Gasteiger partial charge on any atom is -0.378 e. The number of ether oxygens (including phenoxy) is 1. The predicted octanol–water partition coefficient (Wildman–Crippen LogP) is 4.80. The smallest absolute Gasteiger partial charge is 0.0576 e. The second-order valence-corrected chi connectivity index (χ2v) is 7.16. The predicted molar refractivity (Wildman–Crippen MR) is 75.5 cm³/mol. The lowest BCUT2D eigenvalue weighted by Crippen LogP contribution is -2.24. The molecule has 0 spiro atoms. The van der Waals surface area contributed by atoms with Gasteiger partial charge in [-0.05, 0) is 75.0 Å². The van der Waals surface area contributed by atoms with Gasteiger partial charge in [0.25, 0.3) is 0 Å². The van der Waals surface area contributed by atoms with Gasteiger partial charge in [-0.3, -0.25) is 0 Å². The second kappa shape index (κ2) is 5.94. The number of rotatable bonds is 7. The van der Waals surface area contributed by atoms with Crippen molar-refractivity contribution in [3.8, 4) is 0 Å². The zero-order valence-corrected chi connectivity index (χ0v) is 12.1. The van der Waals surface area contributed by atoms with Crippen molar-refractivity contribution in [3.63, 3.8) is 0 Å². The van der Waals surface area contributed by atoms with Crippen LogP contribution in [0.3, 0.4) is 0 Å². The minimum atomic E-state index is 0.626. The van der Waals surface area contributed by atoms with E-state index in [-0.39, 0.29) is 0 Å². The van der Waals surface area contributed by atoms with Gasteiger partial charge in [-0.2, -0.15) is 0 Å². The van der Waals surface area contributed by atoms with Crippen LogP contribution in [0.1, 0.15) is 71.1 Å².